The van der Waals surface area contributed by atoms with Crippen molar-refractivity contribution >= 4 is 29.9 Å². The number of unbranched alkanes of at least 4 members (excludes halogenated alkanes) is 1. The van der Waals surface area contributed by atoms with E-state index in [-0.39, 0.29) is 11.5 Å². The number of aliphatic hydroxyl groups excluding tert-OH is 2. The number of ketones is 1. The first kappa shape index (κ1) is 37.2. The number of rotatable bonds is 15. The zero-order chi connectivity index (χ0) is 33.2. The lowest BCUT2D eigenvalue weighted by atomic mass is 9.97. The van der Waals surface area contributed by atoms with Gasteiger partial charge in [-0.1, -0.05) is 26.3 Å². The van der Waals surface area contributed by atoms with Crippen LogP contribution in [0, 0.1) is 0 Å². The van der Waals surface area contributed by atoms with Crippen LogP contribution in [0.2, 0.25) is 0 Å². The highest BCUT2D eigenvalue weighted by molar-refractivity contribution is 6.33. The van der Waals surface area contributed by atoms with Crippen LogP contribution in [0.4, 0.5) is 11.5 Å². The maximum atomic E-state index is 11.9. The second-order valence-corrected chi connectivity index (χ2v) is 11.0. The third kappa shape index (κ3) is 11.5. The summed E-state index contributed by atoms with van der Waals surface area (Å²) < 4.78 is 0. The van der Waals surface area contributed by atoms with E-state index < -0.39 is 5.78 Å². The molecule has 2 aliphatic rings. The number of allylic oxidation sites excluding steroid dienone is 3. The Bertz CT molecular complexity index is 1220. The molecule has 2 saturated heterocycles. The van der Waals surface area contributed by atoms with Crippen molar-refractivity contribution in [3.8, 4) is 5.75 Å². The van der Waals surface area contributed by atoms with Gasteiger partial charge < -0.3 is 31.3 Å². The van der Waals surface area contributed by atoms with Gasteiger partial charge in [0.15, 0.2) is 17.9 Å². The Morgan fingerprint density at radius 1 is 1.13 bits per heavy atom. The van der Waals surface area contributed by atoms with Gasteiger partial charge in [-0.15, -0.1) is 0 Å². The van der Waals surface area contributed by atoms with Gasteiger partial charge in [-0.05, 0) is 62.9 Å². The topological polar surface area (TPSA) is 173 Å². The molecule has 0 aromatic carbocycles. The van der Waals surface area contributed by atoms with E-state index in [0.29, 0.717) is 48.4 Å². The molecule has 6 N–H and O–H groups in total. The van der Waals surface area contributed by atoms with Crippen LogP contribution < -0.4 is 16.0 Å². The average molecular weight is 627 g/mol. The Kier molecular flexibility index (Phi) is 16.6. The van der Waals surface area contributed by atoms with E-state index >= 15 is 0 Å². The van der Waals surface area contributed by atoms with Crippen molar-refractivity contribution in [2.45, 2.75) is 64.5 Å². The molecular weight excluding hydrogens is 576 g/mol. The quantitative estimate of drug-likeness (QED) is 0.0634. The number of hydrogen-bond acceptors (Lipinski definition) is 12. The van der Waals surface area contributed by atoms with Crippen LogP contribution in [0.15, 0.2) is 59.8 Å². The second-order valence-electron chi connectivity index (χ2n) is 11.0. The lowest BCUT2D eigenvalue weighted by Gasteiger charge is -2.47. The summed E-state index contributed by atoms with van der Waals surface area (Å²) in [4.78, 5) is 45.6. The number of aliphatic hydroxyl groups is 2. The maximum absolute atomic E-state index is 11.9. The smallest absolute Gasteiger partial charge is 0.222 e. The molecule has 1 aromatic rings. The van der Waals surface area contributed by atoms with Crippen molar-refractivity contribution < 1.29 is 29.7 Å². The number of likely N-dealkylation sites (tertiary alicyclic amines) is 1. The van der Waals surface area contributed by atoms with Gasteiger partial charge in [0.1, 0.15) is 12.0 Å². The minimum atomic E-state index is -0.544. The standard InChI is InChI=1S/C32H46N6O5.CH4O/c1-3-5-6-25(31(43)23-40)19-34-26-17-30(42)32(35-20-26)37-14-15-38(27(4-2)22-37)28-9-12-36(13-10-28)21-24(11-16-39)7-8-29(41)18-33;1-2/h7-8,11,16-20,23,27-28,34,41-42H,3-6,9-10,12-15,21-22,33H2,1-2H3;2H,1H3/b8-7-,24-11-,25-19+,29-18+;. The summed E-state index contributed by atoms with van der Waals surface area (Å²) in [6.45, 7) is 9.03. The van der Waals surface area contributed by atoms with Gasteiger partial charge in [0.25, 0.3) is 0 Å². The molecule has 0 amide bonds. The number of piperidine rings is 1. The molecule has 1 unspecified atom stereocenters. The predicted molar refractivity (Wildman–Crippen MR) is 177 cm³/mol. The molecule has 3 rings (SSSR count). The SMILES string of the molecule is CCCC/C(=C\Nc1cnc(N2CCN(C3CCN(CC(/C=C\C(O)=C/N)=C\C=O)CC3)C(CC)C2)c(O)c1)C(=O)C=O.CO. The van der Waals surface area contributed by atoms with Crippen LogP contribution in [0.5, 0.6) is 5.75 Å². The molecule has 0 radical (unpaired) electrons. The molecule has 0 bridgehead atoms. The molecule has 12 nitrogen and oxygen atoms in total. The van der Waals surface area contributed by atoms with Gasteiger partial charge >= 0.3 is 0 Å². The summed E-state index contributed by atoms with van der Waals surface area (Å²) in [7, 11) is 1.00. The van der Waals surface area contributed by atoms with E-state index in [0.717, 1.165) is 90.0 Å². The van der Waals surface area contributed by atoms with Crippen LogP contribution in [-0.2, 0) is 14.4 Å². The predicted octanol–water partition coefficient (Wildman–Crippen LogP) is 3.05. The number of anilines is 2. The molecule has 248 valence electrons. The Labute approximate surface area is 266 Å². The van der Waals surface area contributed by atoms with Crippen LogP contribution in [0.25, 0.3) is 0 Å². The molecule has 2 aliphatic heterocycles. The Morgan fingerprint density at radius 3 is 2.47 bits per heavy atom. The summed E-state index contributed by atoms with van der Waals surface area (Å²) in [6, 6.07) is 2.38. The molecule has 0 aliphatic carbocycles. The number of carbonyl (C=O) groups is 3. The molecule has 12 heteroatoms. The number of aromatic hydroxyl groups is 1. The van der Waals surface area contributed by atoms with E-state index in [1.165, 1.54) is 18.4 Å². The molecule has 3 heterocycles. The number of pyridine rings is 1. The fraction of sp³-hybridized carbons (Fsp3) is 0.515. The number of nitrogens with zero attached hydrogens (tertiary/aromatic N) is 4. The van der Waals surface area contributed by atoms with Crippen LogP contribution in [-0.4, -0.2) is 107 Å². The molecule has 1 aromatic heterocycles. The van der Waals surface area contributed by atoms with Crippen LogP contribution >= 0.6 is 0 Å². The summed E-state index contributed by atoms with van der Waals surface area (Å²) in [5, 5.41) is 30.4. The number of hydrogen-bond donors (Lipinski definition) is 5. The van der Waals surface area contributed by atoms with Crippen molar-refractivity contribution in [3.63, 3.8) is 0 Å². The molecule has 0 saturated carbocycles. The monoisotopic (exact) mass is 626 g/mol. The zero-order valence-electron chi connectivity index (χ0n) is 26.8. The number of piperazine rings is 1. The molecule has 0 spiro atoms. The normalized spacial score (nSPS) is 19.2. The zero-order valence-corrected chi connectivity index (χ0v) is 26.8. The van der Waals surface area contributed by atoms with Gasteiger partial charge in [0.05, 0.1) is 11.9 Å². The minimum Gasteiger partial charge on any atom is -0.506 e. The summed E-state index contributed by atoms with van der Waals surface area (Å²) in [5.74, 6) is 0.0115. The third-order valence-electron chi connectivity index (χ3n) is 8.14. The van der Waals surface area contributed by atoms with E-state index in [2.05, 4.69) is 31.9 Å². The Hall–Kier alpha value is -4.00. The summed E-state index contributed by atoms with van der Waals surface area (Å²) >= 11 is 0. The second kappa shape index (κ2) is 20.1. The van der Waals surface area contributed by atoms with Crippen LogP contribution in [0.1, 0.15) is 52.4 Å². The Balaban J connectivity index is 0.00000345. The van der Waals surface area contributed by atoms with Gasteiger partial charge in [-0.25, -0.2) is 4.98 Å². The van der Waals surface area contributed by atoms with E-state index in [1.807, 2.05) is 6.92 Å². The first-order valence-corrected chi connectivity index (χ1v) is 15.6. The molecule has 45 heavy (non-hydrogen) atoms. The number of nitrogens with two attached hydrogens (primary N) is 1. The van der Waals surface area contributed by atoms with Gasteiger partial charge in [0.2, 0.25) is 5.78 Å². The van der Waals surface area contributed by atoms with Gasteiger partial charge in [-0.2, -0.15) is 0 Å². The highest BCUT2D eigenvalue weighted by Crippen LogP contribution is 2.31. The molecule has 2 fully saturated rings. The van der Waals surface area contributed by atoms with Crippen LogP contribution in [0.3, 0.4) is 0 Å². The Morgan fingerprint density at radius 2 is 1.87 bits per heavy atom. The highest BCUT2D eigenvalue weighted by Gasteiger charge is 2.34. The number of aldehydes is 2. The number of aromatic nitrogens is 1. The van der Waals surface area contributed by atoms with Gasteiger partial charge in [0, 0.05) is 69.4 Å². The van der Waals surface area contributed by atoms with E-state index in [9.17, 15) is 24.6 Å². The van der Waals surface area contributed by atoms with E-state index in [4.69, 9.17) is 10.8 Å². The van der Waals surface area contributed by atoms with Crippen molar-refractivity contribution in [3.05, 3.63) is 59.8 Å². The largest absolute Gasteiger partial charge is 0.506 e. The summed E-state index contributed by atoms with van der Waals surface area (Å²) in [5.41, 5.74) is 7.08. The van der Waals surface area contributed by atoms with Gasteiger partial charge in [-0.3, -0.25) is 24.2 Å². The average Bonchev–Trinajstić information content (AvgIpc) is 3.07. The fourth-order valence-electron chi connectivity index (χ4n) is 5.72. The molecular formula is C33H50N6O6. The van der Waals surface area contributed by atoms with Crippen molar-refractivity contribution in [2.24, 2.45) is 5.73 Å². The lowest BCUT2D eigenvalue weighted by molar-refractivity contribution is -0.127. The number of carbonyl (C=O) groups excluding carboxylic acids is 3. The fourth-order valence-corrected chi connectivity index (χ4v) is 5.72. The van der Waals surface area contributed by atoms with Crippen molar-refractivity contribution in [1.82, 2.24) is 14.8 Å². The first-order chi connectivity index (χ1) is 21.8. The van der Waals surface area contributed by atoms with Crippen molar-refractivity contribution in [1.29, 1.82) is 0 Å². The third-order valence-corrected chi connectivity index (χ3v) is 8.14. The maximum Gasteiger partial charge on any atom is 0.222 e. The number of nitrogens with one attached hydrogen (secondary N) is 1. The summed E-state index contributed by atoms with van der Waals surface area (Å²) in [6.07, 6.45) is 15.3. The first-order valence-electron chi connectivity index (χ1n) is 15.6. The number of Topliss-reactive ketones (excluding diaryl/α,β-unsaturated/α-hetero) is 1. The lowest BCUT2D eigenvalue weighted by Crippen LogP contribution is -2.58. The minimum absolute atomic E-state index is 0.0475. The molecule has 1 atom stereocenters. The van der Waals surface area contributed by atoms with Crippen molar-refractivity contribution in [2.75, 3.05) is 56.6 Å². The van der Waals surface area contributed by atoms with E-state index in [1.54, 1.807) is 18.3 Å². The highest BCUT2D eigenvalue weighted by atomic mass is 16.3.